The quantitative estimate of drug-likeness (QED) is 0.199. The number of aliphatic hydroxyl groups is 1. The summed E-state index contributed by atoms with van der Waals surface area (Å²) in [5.41, 5.74) is 5.13. The lowest BCUT2D eigenvalue weighted by atomic mass is 10.1. The van der Waals surface area contributed by atoms with Crippen molar-refractivity contribution in [3.63, 3.8) is 0 Å². The Balaban J connectivity index is 1.58. The van der Waals surface area contributed by atoms with Gasteiger partial charge in [-0.05, 0) is 73.9 Å². The van der Waals surface area contributed by atoms with E-state index in [9.17, 15) is 9.90 Å². The number of aliphatic hydroxyl groups excluding tert-OH is 1. The molecule has 1 N–H and O–H groups in total. The van der Waals surface area contributed by atoms with E-state index < -0.39 is 5.97 Å². The number of benzene rings is 3. The first-order valence-corrected chi connectivity index (χ1v) is 14.8. The Morgan fingerprint density at radius 3 is 2.46 bits per heavy atom. The maximum Gasteiger partial charge on any atom is 0.344 e. The van der Waals surface area contributed by atoms with Crippen molar-refractivity contribution < 1.29 is 19.4 Å². The summed E-state index contributed by atoms with van der Waals surface area (Å²) in [6.45, 7) is 7.22. The second-order valence-electron chi connectivity index (χ2n) is 9.40. The average molecular weight is 587 g/mol. The molecule has 8 heteroatoms. The number of aromatic nitrogens is 1. The van der Waals surface area contributed by atoms with E-state index in [0.29, 0.717) is 33.8 Å². The maximum atomic E-state index is 12.9. The van der Waals surface area contributed by atoms with Crippen LogP contribution >= 0.6 is 23.4 Å². The summed E-state index contributed by atoms with van der Waals surface area (Å²) >= 11 is 7.36. The molecular formula is C33H31ClN2O4S. The molecule has 210 valence electrons. The fourth-order valence-corrected chi connectivity index (χ4v) is 5.96. The van der Waals surface area contributed by atoms with E-state index in [1.807, 2.05) is 61.5 Å². The molecule has 0 saturated carbocycles. The molecule has 1 aliphatic rings. The van der Waals surface area contributed by atoms with Crippen molar-refractivity contribution in [3.8, 4) is 5.75 Å². The third-order valence-corrected chi connectivity index (χ3v) is 7.97. The molecule has 3 aromatic carbocycles. The minimum Gasteiger partial charge on any atom is -0.506 e. The summed E-state index contributed by atoms with van der Waals surface area (Å²) < 4.78 is 13.0. The fourth-order valence-electron chi connectivity index (χ4n) is 4.81. The molecule has 0 radical (unpaired) electrons. The molecule has 0 fully saturated rings. The normalized spacial score (nSPS) is 15.3. The summed E-state index contributed by atoms with van der Waals surface area (Å²) in [5.74, 6) is -0.00559. The third kappa shape index (κ3) is 6.21. The molecule has 2 heterocycles. The first-order chi connectivity index (χ1) is 19.9. The molecule has 0 saturated heterocycles. The Bertz CT molecular complexity index is 1670. The highest BCUT2D eigenvalue weighted by atomic mass is 35.5. The zero-order chi connectivity index (χ0) is 28.9. The predicted molar refractivity (Wildman–Crippen MR) is 168 cm³/mol. The molecule has 41 heavy (non-hydrogen) atoms. The van der Waals surface area contributed by atoms with Crippen molar-refractivity contribution in [3.05, 3.63) is 111 Å². The number of thioether (sulfide) groups is 1. The predicted octanol–water partition coefficient (Wildman–Crippen LogP) is 8.50. The topological polar surface area (TPSA) is 73.0 Å². The number of hydrogen-bond acceptors (Lipinski definition) is 6. The van der Waals surface area contributed by atoms with Gasteiger partial charge in [-0.3, -0.25) is 0 Å². The van der Waals surface area contributed by atoms with E-state index >= 15 is 0 Å². The molecule has 0 aliphatic carbocycles. The van der Waals surface area contributed by atoms with Crippen molar-refractivity contribution in [2.24, 2.45) is 4.99 Å². The fraction of sp³-hybridized carbons (Fsp3) is 0.212. The number of halogens is 1. The van der Waals surface area contributed by atoms with Gasteiger partial charge in [-0.15, -0.1) is 0 Å². The number of rotatable bonds is 9. The summed E-state index contributed by atoms with van der Waals surface area (Å²) in [4.78, 5) is 18.2. The van der Waals surface area contributed by atoms with Gasteiger partial charge in [0.15, 0.2) is 0 Å². The van der Waals surface area contributed by atoms with E-state index in [0.717, 1.165) is 34.2 Å². The molecule has 4 aromatic rings. The molecular weight excluding hydrogens is 556 g/mol. The van der Waals surface area contributed by atoms with Gasteiger partial charge in [0.25, 0.3) is 0 Å². The molecule has 0 unspecified atom stereocenters. The molecule has 6 nitrogen and oxygen atoms in total. The van der Waals surface area contributed by atoms with Crippen molar-refractivity contribution in [1.29, 1.82) is 0 Å². The van der Waals surface area contributed by atoms with Gasteiger partial charge in [-0.2, -0.15) is 0 Å². The van der Waals surface area contributed by atoms with Gasteiger partial charge in [0.1, 0.15) is 22.1 Å². The Morgan fingerprint density at radius 1 is 1.02 bits per heavy atom. The van der Waals surface area contributed by atoms with Gasteiger partial charge < -0.3 is 19.1 Å². The van der Waals surface area contributed by atoms with Crippen LogP contribution in [0.15, 0.2) is 94.2 Å². The van der Waals surface area contributed by atoms with Crippen molar-refractivity contribution >= 4 is 57.0 Å². The highest BCUT2D eigenvalue weighted by Crippen LogP contribution is 2.41. The summed E-state index contributed by atoms with van der Waals surface area (Å²) in [7, 11) is 0. The largest absolute Gasteiger partial charge is 0.506 e. The van der Waals surface area contributed by atoms with Crippen LogP contribution in [0.3, 0.4) is 0 Å². The van der Waals surface area contributed by atoms with Crippen LogP contribution in [0.4, 0.5) is 5.69 Å². The summed E-state index contributed by atoms with van der Waals surface area (Å²) in [6, 6.07) is 21.4. The first-order valence-electron chi connectivity index (χ1n) is 13.6. The van der Waals surface area contributed by atoms with Crippen molar-refractivity contribution in [2.75, 3.05) is 13.2 Å². The van der Waals surface area contributed by atoms with Gasteiger partial charge in [0.05, 0.1) is 29.3 Å². The van der Waals surface area contributed by atoms with Gasteiger partial charge in [0.2, 0.25) is 0 Å². The molecule has 0 amide bonds. The number of aliphatic imine (C=N–C) groups is 1. The Labute approximate surface area is 249 Å². The lowest BCUT2D eigenvalue weighted by molar-refractivity contribution is -0.138. The highest BCUT2D eigenvalue weighted by molar-refractivity contribution is 8.18. The minimum atomic E-state index is -0.607. The molecule has 1 aliphatic heterocycles. The van der Waals surface area contributed by atoms with Gasteiger partial charge in [-0.1, -0.05) is 60.6 Å². The van der Waals surface area contributed by atoms with E-state index in [4.69, 9.17) is 26.1 Å². The van der Waals surface area contributed by atoms with Gasteiger partial charge in [0, 0.05) is 28.7 Å². The highest BCUT2D eigenvalue weighted by Gasteiger charge is 2.33. The number of esters is 1. The molecule has 0 atom stereocenters. The lowest BCUT2D eigenvalue weighted by Gasteiger charge is -2.09. The second-order valence-corrected chi connectivity index (χ2v) is 10.9. The van der Waals surface area contributed by atoms with Crippen LogP contribution in [-0.2, 0) is 22.5 Å². The van der Waals surface area contributed by atoms with Crippen LogP contribution in [0, 0.1) is 0 Å². The molecule has 5 rings (SSSR count). The number of carbonyl (C=O) groups excluding carboxylic acids is 1. The van der Waals surface area contributed by atoms with Crippen LogP contribution < -0.4 is 4.74 Å². The zero-order valence-electron chi connectivity index (χ0n) is 23.2. The second kappa shape index (κ2) is 12.7. The lowest BCUT2D eigenvalue weighted by Crippen LogP contribution is -2.12. The number of para-hydroxylation sites is 1. The standard InChI is InChI=1S/C33H31ClN2O4S/c1-4-22-8-7-9-27-23(20-36(30(22)27)19-21-10-12-24(34)13-11-21)18-28-31(37)29(33(38)40-6-3)32(41-28)35-25-14-16-26(17-15-25)39-5-2/h7-18,20,37H,4-6,19H2,1-3H3/b28-18-,35-32?. The van der Waals surface area contributed by atoms with E-state index in [-0.39, 0.29) is 17.9 Å². The number of fused-ring (bicyclic) bond motifs is 1. The number of aryl methyl sites for hydroxylation is 1. The monoisotopic (exact) mass is 586 g/mol. The first kappa shape index (κ1) is 28.6. The van der Waals surface area contributed by atoms with Crippen molar-refractivity contribution in [2.45, 2.75) is 33.7 Å². The summed E-state index contributed by atoms with van der Waals surface area (Å²) in [6.07, 6.45) is 4.88. The maximum absolute atomic E-state index is 12.9. The zero-order valence-corrected chi connectivity index (χ0v) is 24.8. The Morgan fingerprint density at radius 2 is 1.78 bits per heavy atom. The minimum absolute atomic E-state index is 0.0659. The van der Waals surface area contributed by atoms with Gasteiger partial charge in [-0.25, -0.2) is 9.79 Å². The summed E-state index contributed by atoms with van der Waals surface area (Å²) in [5, 5.41) is 13.4. The average Bonchev–Trinajstić information content (AvgIpc) is 3.47. The Hall–Kier alpha value is -3.94. The van der Waals surface area contributed by atoms with Crippen LogP contribution in [-0.4, -0.2) is 33.9 Å². The van der Waals surface area contributed by atoms with E-state index in [2.05, 4.69) is 35.9 Å². The number of nitrogens with zero attached hydrogens (tertiary/aromatic N) is 2. The van der Waals surface area contributed by atoms with Crippen LogP contribution in [0.5, 0.6) is 5.75 Å². The number of carbonyl (C=O) groups is 1. The van der Waals surface area contributed by atoms with Gasteiger partial charge >= 0.3 is 5.97 Å². The van der Waals surface area contributed by atoms with Crippen LogP contribution in [0.1, 0.15) is 37.5 Å². The number of ether oxygens (including phenoxy) is 2. The number of hydrogen-bond donors (Lipinski definition) is 1. The van der Waals surface area contributed by atoms with Crippen LogP contribution in [0.25, 0.3) is 17.0 Å². The smallest absolute Gasteiger partial charge is 0.344 e. The van der Waals surface area contributed by atoms with Crippen LogP contribution in [0.2, 0.25) is 5.02 Å². The SMILES string of the molecule is CCOC(=O)C1=C(O)/C(=C/c2cn(Cc3ccc(Cl)cc3)c3c(CC)cccc23)SC1=Nc1ccc(OCC)cc1. The molecule has 0 spiro atoms. The van der Waals surface area contributed by atoms with E-state index in [1.54, 1.807) is 6.92 Å². The van der Waals surface area contributed by atoms with E-state index in [1.165, 1.54) is 17.3 Å². The third-order valence-electron chi connectivity index (χ3n) is 6.70. The molecule has 0 bridgehead atoms. The van der Waals surface area contributed by atoms with Crippen molar-refractivity contribution in [1.82, 2.24) is 4.57 Å². The molecule has 1 aromatic heterocycles. The Kier molecular flexibility index (Phi) is 8.86.